The summed E-state index contributed by atoms with van der Waals surface area (Å²) >= 11 is 0. The number of carbonyl (C=O) groups is 2. The van der Waals surface area contributed by atoms with Crippen LogP contribution in [0.25, 0.3) is 0 Å². The first-order valence-electron chi connectivity index (χ1n) is 6.03. The molecule has 2 N–H and O–H groups in total. The first kappa shape index (κ1) is 12.6. The maximum atomic E-state index is 12.0. The molecule has 18 heavy (non-hydrogen) atoms. The van der Waals surface area contributed by atoms with Gasteiger partial charge in [-0.2, -0.15) is 0 Å². The topological polar surface area (TPSA) is 92.4 Å². The lowest BCUT2D eigenvalue weighted by Gasteiger charge is -2.25. The molecule has 6 nitrogen and oxygen atoms in total. The van der Waals surface area contributed by atoms with Crippen LogP contribution >= 0.6 is 0 Å². The summed E-state index contributed by atoms with van der Waals surface area (Å²) in [6, 6.07) is 1.63. The van der Waals surface area contributed by atoms with E-state index in [-0.39, 0.29) is 11.8 Å². The number of rotatable bonds is 3. The van der Waals surface area contributed by atoms with Gasteiger partial charge in [0.15, 0.2) is 0 Å². The number of nitrogens with zero attached hydrogens (tertiary/aromatic N) is 1. The van der Waals surface area contributed by atoms with Crippen LogP contribution in [-0.4, -0.2) is 22.1 Å². The van der Waals surface area contributed by atoms with Gasteiger partial charge in [0, 0.05) is 12.0 Å². The molecule has 0 bridgehead atoms. The summed E-state index contributed by atoms with van der Waals surface area (Å²) in [6.45, 7) is 1.76. The monoisotopic (exact) mass is 252 g/mol. The van der Waals surface area contributed by atoms with Crippen molar-refractivity contribution < 1.29 is 19.2 Å². The van der Waals surface area contributed by atoms with Gasteiger partial charge < -0.3 is 9.63 Å². The van der Waals surface area contributed by atoms with Gasteiger partial charge in [0.25, 0.3) is 0 Å². The van der Waals surface area contributed by atoms with Crippen molar-refractivity contribution >= 4 is 17.8 Å². The first-order chi connectivity index (χ1) is 8.56. The Hall–Kier alpha value is -1.85. The Bertz CT molecular complexity index is 455. The molecule has 1 saturated carbocycles. The molecule has 1 aromatic rings. The van der Waals surface area contributed by atoms with E-state index in [9.17, 15) is 9.59 Å². The first-order valence-corrected chi connectivity index (χ1v) is 6.03. The van der Waals surface area contributed by atoms with E-state index in [1.54, 1.807) is 13.0 Å². The highest BCUT2D eigenvalue weighted by molar-refractivity contribution is 5.91. The van der Waals surface area contributed by atoms with Gasteiger partial charge in [-0.3, -0.25) is 14.9 Å². The zero-order valence-electron chi connectivity index (χ0n) is 10.2. The summed E-state index contributed by atoms with van der Waals surface area (Å²) in [5.74, 6) is -1.36. The third-order valence-electron chi connectivity index (χ3n) is 3.27. The third kappa shape index (κ3) is 2.88. The van der Waals surface area contributed by atoms with Crippen molar-refractivity contribution in [3.8, 4) is 0 Å². The van der Waals surface area contributed by atoms with E-state index >= 15 is 0 Å². The molecule has 0 radical (unpaired) electrons. The summed E-state index contributed by atoms with van der Waals surface area (Å²) in [5.41, 5.74) is 0.692. The fraction of sp³-hybridized carbons (Fsp3) is 0.583. The van der Waals surface area contributed by atoms with Crippen molar-refractivity contribution in [3.05, 3.63) is 11.8 Å². The molecule has 1 heterocycles. The molecule has 2 rings (SSSR count). The summed E-state index contributed by atoms with van der Waals surface area (Å²) in [6.07, 6.45) is 2.54. The molecule has 0 spiro atoms. The van der Waals surface area contributed by atoms with E-state index in [0.29, 0.717) is 24.4 Å². The molecule has 0 aliphatic heterocycles. The number of carboxylic acid groups (broad SMARTS) is 1. The Labute approximate surface area is 104 Å². The number of anilines is 1. The molecule has 0 saturated heterocycles. The van der Waals surface area contributed by atoms with Gasteiger partial charge in [-0.05, 0) is 26.2 Å². The summed E-state index contributed by atoms with van der Waals surface area (Å²) in [7, 11) is 0. The highest BCUT2D eigenvalue weighted by Crippen LogP contribution is 2.30. The summed E-state index contributed by atoms with van der Waals surface area (Å²) in [4.78, 5) is 22.9. The van der Waals surface area contributed by atoms with Crippen molar-refractivity contribution in [3.63, 3.8) is 0 Å². The number of aliphatic carboxylic acids is 1. The SMILES string of the molecule is Cc1cc(NC(=O)C2CCCC(C(=O)O)C2)on1. The molecule has 1 aromatic heterocycles. The van der Waals surface area contributed by atoms with E-state index in [1.165, 1.54) is 0 Å². The van der Waals surface area contributed by atoms with E-state index in [1.807, 2.05) is 0 Å². The van der Waals surface area contributed by atoms with Crippen molar-refractivity contribution in [2.45, 2.75) is 32.6 Å². The van der Waals surface area contributed by atoms with Gasteiger partial charge in [-0.25, -0.2) is 0 Å². The largest absolute Gasteiger partial charge is 0.481 e. The van der Waals surface area contributed by atoms with Crippen LogP contribution in [0.3, 0.4) is 0 Å². The fourth-order valence-corrected chi connectivity index (χ4v) is 2.30. The van der Waals surface area contributed by atoms with Crippen LogP contribution in [-0.2, 0) is 9.59 Å². The average Bonchev–Trinajstić information content (AvgIpc) is 2.75. The number of hydrogen-bond acceptors (Lipinski definition) is 4. The molecule has 6 heteroatoms. The van der Waals surface area contributed by atoms with Gasteiger partial charge in [-0.1, -0.05) is 11.6 Å². The molecule has 1 fully saturated rings. The van der Waals surface area contributed by atoms with Crippen molar-refractivity contribution in [2.24, 2.45) is 11.8 Å². The van der Waals surface area contributed by atoms with E-state index < -0.39 is 11.9 Å². The van der Waals surface area contributed by atoms with Crippen molar-refractivity contribution in [1.29, 1.82) is 0 Å². The maximum absolute atomic E-state index is 12.0. The van der Waals surface area contributed by atoms with E-state index in [4.69, 9.17) is 9.63 Å². The van der Waals surface area contributed by atoms with E-state index in [0.717, 1.165) is 12.8 Å². The van der Waals surface area contributed by atoms with Gasteiger partial charge in [0.05, 0.1) is 11.6 Å². The Morgan fingerprint density at radius 2 is 2.17 bits per heavy atom. The molecule has 98 valence electrons. The lowest BCUT2D eigenvalue weighted by atomic mass is 9.81. The molecule has 1 amide bonds. The normalized spacial score (nSPS) is 23.6. The van der Waals surface area contributed by atoms with Gasteiger partial charge >= 0.3 is 5.97 Å². The number of aromatic nitrogens is 1. The quantitative estimate of drug-likeness (QED) is 0.855. The zero-order valence-corrected chi connectivity index (χ0v) is 10.2. The Kier molecular flexibility index (Phi) is 3.64. The van der Waals surface area contributed by atoms with E-state index in [2.05, 4.69) is 10.5 Å². The lowest BCUT2D eigenvalue weighted by Crippen LogP contribution is -2.30. The van der Waals surface area contributed by atoms with Crippen LogP contribution in [0.5, 0.6) is 0 Å². The fourth-order valence-electron chi connectivity index (χ4n) is 2.30. The highest BCUT2D eigenvalue weighted by Gasteiger charge is 2.31. The van der Waals surface area contributed by atoms with Crippen LogP contribution in [0.15, 0.2) is 10.6 Å². The molecule has 1 aliphatic carbocycles. The molecule has 2 atom stereocenters. The molecule has 0 aromatic carbocycles. The Morgan fingerprint density at radius 1 is 1.44 bits per heavy atom. The number of amides is 1. The standard InChI is InChI=1S/C12H16N2O4/c1-7-5-10(18-14-7)13-11(15)8-3-2-4-9(6-8)12(16)17/h5,8-9H,2-4,6H2,1H3,(H,13,15)(H,16,17). The third-order valence-corrected chi connectivity index (χ3v) is 3.27. The minimum absolute atomic E-state index is 0.183. The van der Waals surface area contributed by atoms with Gasteiger partial charge in [-0.15, -0.1) is 0 Å². The number of hydrogen-bond donors (Lipinski definition) is 2. The van der Waals surface area contributed by atoms with Crippen LogP contribution in [0.4, 0.5) is 5.88 Å². The predicted molar refractivity (Wildman–Crippen MR) is 63.0 cm³/mol. The number of nitrogens with one attached hydrogen (secondary N) is 1. The second-order valence-electron chi connectivity index (χ2n) is 4.72. The number of carboxylic acids is 1. The molecule has 1 aliphatic rings. The Balaban J connectivity index is 1.94. The average molecular weight is 252 g/mol. The summed E-state index contributed by atoms with van der Waals surface area (Å²) in [5, 5.41) is 15.3. The van der Waals surface area contributed by atoms with Gasteiger partial charge in [0.1, 0.15) is 0 Å². The zero-order chi connectivity index (χ0) is 13.1. The molecule has 2 unspecified atom stereocenters. The second-order valence-corrected chi connectivity index (χ2v) is 4.72. The number of carbonyl (C=O) groups excluding carboxylic acids is 1. The van der Waals surface area contributed by atoms with Crippen LogP contribution < -0.4 is 5.32 Å². The van der Waals surface area contributed by atoms with Crippen LogP contribution in [0, 0.1) is 18.8 Å². The minimum atomic E-state index is -0.817. The van der Waals surface area contributed by atoms with Crippen molar-refractivity contribution in [2.75, 3.05) is 5.32 Å². The smallest absolute Gasteiger partial charge is 0.306 e. The number of aryl methyl sites for hydroxylation is 1. The van der Waals surface area contributed by atoms with Crippen molar-refractivity contribution in [1.82, 2.24) is 5.16 Å². The Morgan fingerprint density at radius 3 is 2.78 bits per heavy atom. The second kappa shape index (κ2) is 5.20. The van der Waals surface area contributed by atoms with Crippen LogP contribution in [0.2, 0.25) is 0 Å². The predicted octanol–water partition coefficient (Wildman–Crippen LogP) is 1.81. The van der Waals surface area contributed by atoms with Gasteiger partial charge in [0.2, 0.25) is 11.8 Å². The molecular formula is C12H16N2O4. The molecular weight excluding hydrogens is 236 g/mol. The minimum Gasteiger partial charge on any atom is -0.481 e. The summed E-state index contributed by atoms with van der Waals surface area (Å²) < 4.78 is 4.90. The lowest BCUT2D eigenvalue weighted by molar-refractivity contribution is -0.143. The van der Waals surface area contributed by atoms with Crippen LogP contribution in [0.1, 0.15) is 31.4 Å². The highest BCUT2D eigenvalue weighted by atomic mass is 16.5. The maximum Gasteiger partial charge on any atom is 0.306 e.